The van der Waals surface area contributed by atoms with Gasteiger partial charge in [-0.3, -0.25) is 14.5 Å². The number of rotatable bonds is 11. The molecular weight excluding hydrogens is 630 g/mol. The lowest BCUT2D eigenvalue weighted by atomic mass is 9.94. The van der Waals surface area contributed by atoms with Crippen molar-refractivity contribution in [1.29, 1.82) is 0 Å². The Morgan fingerprint density at radius 3 is 2.73 bits per heavy atom. The van der Waals surface area contributed by atoms with Crippen LogP contribution in [0.5, 0.6) is 11.5 Å². The van der Waals surface area contributed by atoms with Gasteiger partial charge in [-0.05, 0) is 72.5 Å². The molecule has 0 saturated carbocycles. The number of aromatic nitrogens is 2. The Hall–Kier alpha value is -3.86. The third kappa shape index (κ3) is 6.73. The second-order valence-electron chi connectivity index (χ2n) is 11.0. The monoisotopic (exact) mass is 661 g/mol. The van der Waals surface area contributed by atoms with Crippen molar-refractivity contribution < 1.29 is 24.2 Å². The smallest absolute Gasteiger partial charge is 0.301 e. The minimum Gasteiger partial charge on any atom is -0.507 e. The van der Waals surface area contributed by atoms with E-state index in [0.29, 0.717) is 45.0 Å². The lowest BCUT2D eigenvalue weighted by Gasteiger charge is -2.23. The topological polar surface area (TPSA) is 102 Å². The number of ether oxygens (including phenoxy) is 2. The number of nitrogens with zero attached hydrogens (tertiary/aromatic N) is 3. The van der Waals surface area contributed by atoms with Crippen LogP contribution < -0.4 is 14.4 Å². The predicted octanol–water partition coefficient (Wildman–Crippen LogP) is 8.00. The normalized spacial score (nSPS) is 18.7. The summed E-state index contributed by atoms with van der Waals surface area (Å²) >= 11 is 8.71. The highest BCUT2D eigenvalue weighted by Gasteiger charge is 2.48. The van der Waals surface area contributed by atoms with Crippen LogP contribution in [-0.4, -0.2) is 39.7 Å². The maximum Gasteiger partial charge on any atom is 0.301 e. The van der Waals surface area contributed by atoms with E-state index in [1.165, 1.54) is 28.0 Å². The van der Waals surface area contributed by atoms with Crippen LogP contribution in [0.25, 0.3) is 5.76 Å². The van der Waals surface area contributed by atoms with Crippen molar-refractivity contribution in [2.24, 2.45) is 0 Å². The molecule has 2 aliphatic heterocycles. The average Bonchev–Trinajstić information content (AvgIpc) is 3.73. The summed E-state index contributed by atoms with van der Waals surface area (Å²) in [5.74, 6) is 0.184. The van der Waals surface area contributed by atoms with E-state index in [1.54, 1.807) is 12.1 Å². The molecule has 2 atom stereocenters. The van der Waals surface area contributed by atoms with Crippen LogP contribution in [0, 0.1) is 0 Å². The molecule has 6 rings (SSSR count). The second kappa shape index (κ2) is 13.6. The zero-order valence-electron chi connectivity index (χ0n) is 24.9. The van der Waals surface area contributed by atoms with Crippen molar-refractivity contribution in [3.05, 3.63) is 99.6 Å². The van der Waals surface area contributed by atoms with E-state index in [2.05, 4.69) is 17.1 Å². The van der Waals surface area contributed by atoms with Gasteiger partial charge in [0.1, 0.15) is 23.4 Å². The van der Waals surface area contributed by atoms with Gasteiger partial charge < -0.3 is 14.6 Å². The number of carbonyl (C=O) groups is 2. The van der Waals surface area contributed by atoms with Gasteiger partial charge in [-0.25, -0.2) is 0 Å². The zero-order valence-corrected chi connectivity index (χ0v) is 27.3. The molecule has 11 heteroatoms. The first-order chi connectivity index (χ1) is 21.8. The highest BCUT2D eigenvalue weighted by atomic mass is 35.5. The summed E-state index contributed by atoms with van der Waals surface area (Å²) in [4.78, 5) is 28.8. The number of benzene rings is 3. The minimum atomic E-state index is -0.935. The van der Waals surface area contributed by atoms with Gasteiger partial charge in [0.15, 0.2) is 4.34 Å². The second-order valence-corrected chi connectivity index (χ2v) is 13.6. The number of anilines is 1. The van der Waals surface area contributed by atoms with E-state index in [-0.39, 0.29) is 22.6 Å². The van der Waals surface area contributed by atoms with E-state index in [9.17, 15) is 14.7 Å². The molecular formula is C34H32ClN3O5S2. The molecule has 3 heterocycles. The van der Waals surface area contributed by atoms with Gasteiger partial charge in [-0.2, -0.15) is 0 Å². The number of aliphatic hydroxyl groups is 1. The Morgan fingerprint density at radius 2 is 1.93 bits per heavy atom. The quantitative estimate of drug-likeness (QED) is 0.0431. The van der Waals surface area contributed by atoms with Crippen molar-refractivity contribution >= 4 is 57.3 Å². The van der Waals surface area contributed by atoms with Gasteiger partial charge in [-0.1, -0.05) is 78.7 Å². The molecule has 45 heavy (non-hydrogen) atoms. The van der Waals surface area contributed by atoms with Gasteiger partial charge in [0, 0.05) is 22.8 Å². The standard InChI is InChI=1S/C34H32ClN3O5S2/c1-3-4-5-15-42-26-8-6-7-22(18-26)29-28(30(39)23-11-14-27-24(17-23)16-20(2)43-27)31(40)32(41)38(29)33-36-37-34(45-33)44-19-21-9-12-25(35)13-10-21/h6-14,17-18,20,29,39H,3-5,15-16,19H2,1-2H3/b30-28+/t20-,29-/m1/s1. The summed E-state index contributed by atoms with van der Waals surface area (Å²) in [6.07, 6.45) is 3.76. The van der Waals surface area contributed by atoms with Crippen LogP contribution in [0.1, 0.15) is 61.4 Å². The molecule has 0 radical (unpaired) electrons. The molecule has 0 spiro atoms. The highest BCUT2D eigenvalue weighted by molar-refractivity contribution is 8.00. The molecule has 1 fully saturated rings. The number of hydrogen-bond donors (Lipinski definition) is 1. The van der Waals surface area contributed by atoms with Crippen LogP contribution in [-0.2, 0) is 21.8 Å². The first-order valence-electron chi connectivity index (χ1n) is 14.9. The van der Waals surface area contributed by atoms with Gasteiger partial charge in [0.25, 0.3) is 5.78 Å². The lowest BCUT2D eigenvalue weighted by Crippen LogP contribution is -2.29. The fourth-order valence-electron chi connectivity index (χ4n) is 5.47. The molecule has 1 aromatic heterocycles. The van der Waals surface area contributed by atoms with Crippen LogP contribution in [0.4, 0.5) is 5.13 Å². The molecule has 1 amide bonds. The Bertz CT molecular complexity index is 1760. The number of fused-ring (bicyclic) bond motifs is 1. The van der Waals surface area contributed by atoms with Crippen LogP contribution in [0.15, 0.2) is 76.6 Å². The first kappa shape index (κ1) is 31.1. The number of Topliss-reactive ketones (excluding diaryl/α,β-unsaturated/α-hetero) is 1. The molecule has 2 aliphatic rings. The molecule has 0 aliphatic carbocycles. The van der Waals surface area contributed by atoms with E-state index in [0.717, 1.165) is 36.1 Å². The predicted molar refractivity (Wildman–Crippen MR) is 177 cm³/mol. The van der Waals surface area contributed by atoms with Crippen molar-refractivity contribution in [3.8, 4) is 11.5 Å². The van der Waals surface area contributed by atoms with E-state index in [4.69, 9.17) is 21.1 Å². The third-order valence-electron chi connectivity index (χ3n) is 7.68. The van der Waals surface area contributed by atoms with Crippen LogP contribution >= 0.6 is 34.7 Å². The summed E-state index contributed by atoms with van der Waals surface area (Å²) < 4.78 is 12.5. The average molecular weight is 662 g/mol. The number of aliphatic hydroxyl groups excluding tert-OH is 1. The SMILES string of the molecule is CCCCCOc1cccc([C@@H]2/C(=C(\O)c3ccc4c(c3)C[C@@H](C)O4)C(=O)C(=O)N2c2nnc(SCc3ccc(Cl)cc3)s2)c1. The zero-order chi connectivity index (χ0) is 31.5. The van der Waals surface area contributed by atoms with E-state index >= 15 is 0 Å². The summed E-state index contributed by atoms with van der Waals surface area (Å²) in [5.41, 5.74) is 3.05. The Labute approximate surface area is 275 Å². The third-order valence-corrected chi connectivity index (χ3v) is 10.1. The maximum atomic E-state index is 13.7. The Morgan fingerprint density at radius 1 is 1.11 bits per heavy atom. The number of unbranched alkanes of at least 4 members (excludes halogenated alkanes) is 2. The van der Waals surface area contributed by atoms with E-state index in [1.807, 2.05) is 61.5 Å². The van der Waals surface area contributed by atoms with Gasteiger partial charge >= 0.3 is 5.91 Å². The Kier molecular flexibility index (Phi) is 9.44. The van der Waals surface area contributed by atoms with Gasteiger partial charge in [0.2, 0.25) is 5.13 Å². The molecule has 4 aromatic rings. The van der Waals surface area contributed by atoms with Crippen LogP contribution in [0.3, 0.4) is 0 Å². The fraction of sp³-hybridized carbons (Fsp3) is 0.294. The molecule has 8 nitrogen and oxygen atoms in total. The van der Waals surface area contributed by atoms with E-state index < -0.39 is 17.7 Å². The highest BCUT2D eigenvalue weighted by Crippen LogP contribution is 2.45. The van der Waals surface area contributed by atoms with Crippen molar-refractivity contribution in [2.75, 3.05) is 11.5 Å². The summed E-state index contributed by atoms with van der Waals surface area (Å²) in [7, 11) is 0. The van der Waals surface area contributed by atoms with Crippen molar-refractivity contribution in [2.45, 2.75) is 61.8 Å². The molecule has 1 saturated heterocycles. The minimum absolute atomic E-state index is 0.0133. The number of thioether (sulfide) groups is 1. The number of ketones is 1. The Balaban J connectivity index is 1.37. The molecule has 0 unspecified atom stereocenters. The molecule has 0 bridgehead atoms. The molecule has 3 aromatic carbocycles. The maximum absolute atomic E-state index is 13.7. The van der Waals surface area contributed by atoms with Crippen molar-refractivity contribution in [1.82, 2.24) is 10.2 Å². The summed E-state index contributed by atoms with van der Waals surface area (Å²) in [6.45, 7) is 4.66. The van der Waals surface area contributed by atoms with Crippen molar-refractivity contribution in [3.63, 3.8) is 0 Å². The first-order valence-corrected chi connectivity index (χ1v) is 17.0. The number of halogens is 1. The fourth-order valence-corrected chi connectivity index (χ4v) is 7.42. The summed E-state index contributed by atoms with van der Waals surface area (Å²) in [6, 6.07) is 19.3. The number of carbonyl (C=O) groups excluding carboxylic acids is 2. The van der Waals surface area contributed by atoms with Gasteiger partial charge in [0.05, 0.1) is 18.2 Å². The lowest BCUT2D eigenvalue weighted by molar-refractivity contribution is -0.132. The molecule has 232 valence electrons. The number of amides is 1. The van der Waals surface area contributed by atoms with Crippen LogP contribution in [0.2, 0.25) is 5.02 Å². The summed E-state index contributed by atoms with van der Waals surface area (Å²) in [5, 5.41) is 21.2. The largest absolute Gasteiger partial charge is 0.507 e. The molecule has 1 N–H and O–H groups in total. The van der Waals surface area contributed by atoms with Gasteiger partial charge in [-0.15, -0.1) is 10.2 Å². The number of hydrogen-bond acceptors (Lipinski definition) is 9.